The zero-order valence-electron chi connectivity index (χ0n) is 12.3. The number of rotatable bonds is 3. The van der Waals surface area contributed by atoms with Crippen LogP contribution < -0.4 is 4.74 Å². The van der Waals surface area contributed by atoms with Crippen LogP contribution in [0.1, 0.15) is 18.4 Å². The summed E-state index contributed by atoms with van der Waals surface area (Å²) in [5, 5.41) is 17.3. The molecule has 0 unspecified atom stereocenters. The molecule has 1 N–H and O–H groups in total. The van der Waals surface area contributed by atoms with Crippen molar-refractivity contribution in [2.24, 2.45) is 0 Å². The van der Waals surface area contributed by atoms with Gasteiger partial charge in [-0.25, -0.2) is 0 Å². The summed E-state index contributed by atoms with van der Waals surface area (Å²) in [5.74, 6) is 0.617. The highest BCUT2D eigenvalue weighted by Crippen LogP contribution is 2.34. The maximum absolute atomic E-state index is 9.28. The largest absolute Gasteiger partial charge is 0.487 e. The maximum atomic E-state index is 9.28. The highest BCUT2D eigenvalue weighted by Gasteiger charge is 2.36. The molecule has 4 rings (SSSR count). The Morgan fingerprint density at radius 3 is 2.91 bits per heavy atom. The van der Waals surface area contributed by atoms with E-state index in [-0.39, 0.29) is 6.10 Å². The zero-order chi connectivity index (χ0) is 14.9. The SMILES string of the molecule is N#Cc1ccc2c[nH]nc2c1O[C@H]1C[C@@H](N2CCOCC2)C1. The van der Waals surface area contributed by atoms with Crippen LogP contribution in [-0.4, -0.2) is 53.5 Å². The third-order valence-corrected chi connectivity index (χ3v) is 4.60. The van der Waals surface area contributed by atoms with Gasteiger partial charge in [0, 0.05) is 43.6 Å². The number of aromatic nitrogens is 2. The molecule has 6 nitrogen and oxygen atoms in total. The molecule has 1 aromatic heterocycles. The van der Waals surface area contributed by atoms with Crippen molar-refractivity contribution in [1.29, 1.82) is 5.26 Å². The molecule has 6 heteroatoms. The minimum absolute atomic E-state index is 0.169. The van der Waals surface area contributed by atoms with Crippen molar-refractivity contribution in [3.63, 3.8) is 0 Å². The molecule has 1 aliphatic carbocycles. The Morgan fingerprint density at radius 2 is 2.14 bits per heavy atom. The van der Waals surface area contributed by atoms with Gasteiger partial charge in [-0.3, -0.25) is 10.00 Å². The Hall–Kier alpha value is -2.10. The molecule has 2 aromatic rings. The van der Waals surface area contributed by atoms with Gasteiger partial charge in [-0.15, -0.1) is 0 Å². The number of H-pyrrole nitrogens is 1. The molecular formula is C16H18N4O2. The lowest BCUT2D eigenvalue weighted by molar-refractivity contribution is -0.0371. The third-order valence-electron chi connectivity index (χ3n) is 4.60. The van der Waals surface area contributed by atoms with Gasteiger partial charge in [-0.2, -0.15) is 10.4 Å². The van der Waals surface area contributed by atoms with Crippen molar-refractivity contribution in [1.82, 2.24) is 15.1 Å². The van der Waals surface area contributed by atoms with Crippen LogP contribution in [0.3, 0.4) is 0 Å². The number of hydrogen-bond acceptors (Lipinski definition) is 5. The van der Waals surface area contributed by atoms with Crippen molar-refractivity contribution in [3.05, 3.63) is 23.9 Å². The molecule has 1 saturated heterocycles. The predicted molar refractivity (Wildman–Crippen MR) is 80.6 cm³/mol. The van der Waals surface area contributed by atoms with E-state index in [1.54, 1.807) is 6.07 Å². The Kier molecular flexibility index (Phi) is 3.45. The van der Waals surface area contributed by atoms with E-state index in [2.05, 4.69) is 21.2 Å². The minimum Gasteiger partial charge on any atom is -0.487 e. The Morgan fingerprint density at radius 1 is 1.32 bits per heavy atom. The fourth-order valence-corrected chi connectivity index (χ4v) is 3.23. The van der Waals surface area contributed by atoms with Crippen LogP contribution in [0.15, 0.2) is 18.3 Å². The number of benzene rings is 1. The minimum atomic E-state index is 0.169. The Labute approximate surface area is 128 Å². The summed E-state index contributed by atoms with van der Waals surface area (Å²) in [6.45, 7) is 3.67. The van der Waals surface area contributed by atoms with Gasteiger partial charge in [0.1, 0.15) is 17.7 Å². The first-order valence-corrected chi connectivity index (χ1v) is 7.70. The number of morpholine rings is 1. The predicted octanol–water partition coefficient (Wildman–Crippen LogP) is 1.68. The van der Waals surface area contributed by atoms with Gasteiger partial charge in [0.15, 0.2) is 5.75 Å². The lowest BCUT2D eigenvalue weighted by Gasteiger charge is -2.44. The van der Waals surface area contributed by atoms with E-state index in [0.29, 0.717) is 17.4 Å². The molecule has 1 aromatic carbocycles. The van der Waals surface area contributed by atoms with Crippen molar-refractivity contribution >= 4 is 10.9 Å². The monoisotopic (exact) mass is 298 g/mol. The van der Waals surface area contributed by atoms with E-state index in [1.807, 2.05) is 12.3 Å². The number of aromatic amines is 1. The molecule has 2 heterocycles. The fraction of sp³-hybridized carbons (Fsp3) is 0.500. The van der Waals surface area contributed by atoms with E-state index in [0.717, 1.165) is 50.0 Å². The van der Waals surface area contributed by atoms with Crippen LogP contribution in [0, 0.1) is 11.3 Å². The molecule has 0 atom stereocenters. The van der Waals surface area contributed by atoms with Gasteiger partial charge < -0.3 is 9.47 Å². The normalized spacial score (nSPS) is 25.6. The number of hydrogen-bond donors (Lipinski definition) is 1. The molecule has 114 valence electrons. The molecule has 0 bridgehead atoms. The number of fused-ring (bicyclic) bond motifs is 1. The summed E-state index contributed by atoms with van der Waals surface area (Å²) in [5.41, 5.74) is 1.29. The molecule has 1 aliphatic heterocycles. The first-order valence-electron chi connectivity index (χ1n) is 7.70. The molecule has 2 fully saturated rings. The van der Waals surface area contributed by atoms with Crippen LogP contribution in [0.4, 0.5) is 0 Å². The van der Waals surface area contributed by atoms with Gasteiger partial charge in [0.2, 0.25) is 0 Å². The molecule has 22 heavy (non-hydrogen) atoms. The number of ether oxygens (including phenoxy) is 2. The lowest BCUT2D eigenvalue weighted by Crippen LogP contribution is -2.52. The zero-order valence-corrected chi connectivity index (χ0v) is 12.3. The third kappa shape index (κ3) is 2.32. The number of nitrogens with one attached hydrogen (secondary N) is 1. The first-order chi connectivity index (χ1) is 10.8. The van der Waals surface area contributed by atoms with E-state index in [4.69, 9.17) is 9.47 Å². The topological polar surface area (TPSA) is 74.2 Å². The van der Waals surface area contributed by atoms with Crippen LogP contribution in [0.2, 0.25) is 0 Å². The van der Waals surface area contributed by atoms with E-state index >= 15 is 0 Å². The van der Waals surface area contributed by atoms with Crippen LogP contribution in [0.5, 0.6) is 5.75 Å². The fourth-order valence-electron chi connectivity index (χ4n) is 3.23. The van der Waals surface area contributed by atoms with Crippen LogP contribution in [0.25, 0.3) is 10.9 Å². The van der Waals surface area contributed by atoms with E-state index < -0.39 is 0 Å². The van der Waals surface area contributed by atoms with E-state index in [9.17, 15) is 5.26 Å². The first kappa shape index (κ1) is 13.6. The molecule has 1 saturated carbocycles. The van der Waals surface area contributed by atoms with Crippen molar-refractivity contribution < 1.29 is 9.47 Å². The standard InChI is InChI=1S/C16H18N4O2/c17-9-11-1-2-12-10-18-19-15(12)16(11)22-14-7-13(8-14)20-3-5-21-6-4-20/h1-2,10,13-14H,3-8H2,(H,18,19)/t13-,14+. The van der Waals surface area contributed by atoms with Gasteiger partial charge >= 0.3 is 0 Å². The highest BCUT2D eigenvalue weighted by atomic mass is 16.5. The Balaban J connectivity index is 1.46. The highest BCUT2D eigenvalue weighted by molar-refractivity contribution is 5.86. The van der Waals surface area contributed by atoms with Crippen molar-refractivity contribution in [2.75, 3.05) is 26.3 Å². The van der Waals surface area contributed by atoms with Crippen molar-refractivity contribution in [3.8, 4) is 11.8 Å². The van der Waals surface area contributed by atoms with Gasteiger partial charge in [0.05, 0.1) is 18.8 Å². The number of nitrogens with zero attached hydrogens (tertiary/aromatic N) is 3. The summed E-state index contributed by atoms with van der Waals surface area (Å²) < 4.78 is 11.5. The Bertz CT molecular complexity index is 708. The van der Waals surface area contributed by atoms with Crippen LogP contribution in [-0.2, 0) is 4.74 Å². The van der Waals surface area contributed by atoms with Crippen LogP contribution >= 0.6 is 0 Å². The average molecular weight is 298 g/mol. The molecule has 0 amide bonds. The lowest BCUT2D eigenvalue weighted by atomic mass is 9.87. The van der Waals surface area contributed by atoms with Crippen molar-refractivity contribution in [2.45, 2.75) is 25.0 Å². The summed E-state index contributed by atoms with van der Waals surface area (Å²) >= 11 is 0. The smallest absolute Gasteiger partial charge is 0.165 e. The second kappa shape index (κ2) is 5.59. The average Bonchev–Trinajstić information content (AvgIpc) is 3.00. The molecule has 2 aliphatic rings. The molecule has 0 radical (unpaired) electrons. The molecular weight excluding hydrogens is 280 g/mol. The molecule has 0 spiro atoms. The van der Waals surface area contributed by atoms with Gasteiger partial charge in [-0.1, -0.05) is 0 Å². The summed E-state index contributed by atoms with van der Waals surface area (Å²) in [7, 11) is 0. The summed E-state index contributed by atoms with van der Waals surface area (Å²) in [4.78, 5) is 2.48. The second-order valence-corrected chi connectivity index (χ2v) is 5.89. The summed E-state index contributed by atoms with van der Waals surface area (Å²) in [6, 6.07) is 6.47. The second-order valence-electron chi connectivity index (χ2n) is 5.89. The quantitative estimate of drug-likeness (QED) is 0.933. The maximum Gasteiger partial charge on any atom is 0.165 e. The van der Waals surface area contributed by atoms with Gasteiger partial charge in [0.25, 0.3) is 0 Å². The summed E-state index contributed by atoms with van der Waals surface area (Å²) in [6.07, 6.45) is 4.00. The van der Waals surface area contributed by atoms with E-state index in [1.165, 1.54) is 0 Å². The number of nitriles is 1. The van der Waals surface area contributed by atoms with Gasteiger partial charge in [-0.05, 0) is 12.1 Å².